The van der Waals surface area contributed by atoms with Crippen LogP contribution in [0.2, 0.25) is 0 Å². The predicted octanol–water partition coefficient (Wildman–Crippen LogP) is 0.503. The number of amides is 2. The fraction of sp³-hybridized carbons (Fsp3) is 0.800. The molecule has 0 aromatic rings. The van der Waals surface area contributed by atoms with Crippen molar-refractivity contribution in [2.45, 2.75) is 45.1 Å². The maximum atomic E-state index is 11.4. The van der Waals surface area contributed by atoms with Gasteiger partial charge in [0.05, 0.1) is 0 Å². The van der Waals surface area contributed by atoms with Crippen molar-refractivity contribution in [3.05, 3.63) is 0 Å². The second-order valence-corrected chi connectivity index (χ2v) is 3.64. The summed E-state index contributed by atoms with van der Waals surface area (Å²) in [6.07, 6.45) is 3.49. The van der Waals surface area contributed by atoms with Crippen LogP contribution in [0.4, 0.5) is 0 Å². The Morgan fingerprint density at radius 2 is 2.20 bits per heavy atom. The molecule has 2 amide bonds. The van der Waals surface area contributed by atoms with Gasteiger partial charge in [-0.05, 0) is 19.3 Å². The summed E-state index contributed by atoms with van der Waals surface area (Å²) >= 11 is 0. The summed E-state index contributed by atoms with van der Waals surface area (Å²) in [5.74, 6) is -0.402. The Kier molecular flexibility index (Phi) is 5.10. The second kappa shape index (κ2) is 6.40. The van der Waals surface area contributed by atoms with Crippen LogP contribution in [0.25, 0.3) is 0 Å². The minimum atomic E-state index is -0.392. The Balaban J connectivity index is 2.12. The number of carbonyl (C=O) groups excluding carboxylic acids is 2. The molecule has 1 aliphatic heterocycles. The first-order valence-corrected chi connectivity index (χ1v) is 5.44. The van der Waals surface area contributed by atoms with Crippen molar-refractivity contribution in [2.75, 3.05) is 6.61 Å². The van der Waals surface area contributed by atoms with E-state index in [2.05, 4.69) is 10.9 Å². The number of hydrogen-bond donors (Lipinski definition) is 2. The molecule has 0 aliphatic carbocycles. The molecule has 1 unspecified atom stereocenters. The molecule has 1 atom stereocenters. The van der Waals surface area contributed by atoms with Gasteiger partial charge in [0.25, 0.3) is 5.91 Å². The van der Waals surface area contributed by atoms with Gasteiger partial charge in [-0.2, -0.15) is 0 Å². The summed E-state index contributed by atoms with van der Waals surface area (Å²) in [4.78, 5) is 22.5. The molecule has 0 aromatic heterocycles. The number of unbranched alkanes of at least 4 members (excludes halogenated alkanes) is 1. The molecule has 0 spiro atoms. The van der Waals surface area contributed by atoms with Crippen molar-refractivity contribution in [2.24, 2.45) is 0 Å². The van der Waals surface area contributed by atoms with E-state index in [-0.39, 0.29) is 11.8 Å². The summed E-state index contributed by atoms with van der Waals surface area (Å²) in [7, 11) is 0. The van der Waals surface area contributed by atoms with Crippen LogP contribution in [0, 0.1) is 0 Å². The average Bonchev–Trinajstić information content (AvgIpc) is 2.76. The van der Waals surface area contributed by atoms with Gasteiger partial charge in [-0.1, -0.05) is 13.3 Å². The summed E-state index contributed by atoms with van der Waals surface area (Å²) in [6, 6.07) is 0. The van der Waals surface area contributed by atoms with Crippen LogP contribution < -0.4 is 10.9 Å². The van der Waals surface area contributed by atoms with E-state index in [1.807, 2.05) is 6.92 Å². The van der Waals surface area contributed by atoms with Crippen molar-refractivity contribution < 1.29 is 14.3 Å². The zero-order valence-electron chi connectivity index (χ0n) is 9.04. The first-order chi connectivity index (χ1) is 7.24. The lowest BCUT2D eigenvalue weighted by Gasteiger charge is -2.10. The maximum Gasteiger partial charge on any atom is 0.267 e. The van der Waals surface area contributed by atoms with E-state index in [9.17, 15) is 9.59 Å². The summed E-state index contributed by atoms with van der Waals surface area (Å²) < 4.78 is 5.16. The van der Waals surface area contributed by atoms with Crippen molar-refractivity contribution in [3.63, 3.8) is 0 Å². The largest absolute Gasteiger partial charge is 0.368 e. The second-order valence-electron chi connectivity index (χ2n) is 3.64. The third-order valence-electron chi connectivity index (χ3n) is 2.30. The first-order valence-electron chi connectivity index (χ1n) is 5.44. The van der Waals surface area contributed by atoms with Gasteiger partial charge in [0.2, 0.25) is 5.91 Å². The van der Waals surface area contributed by atoms with Gasteiger partial charge in [0, 0.05) is 13.0 Å². The number of rotatable bonds is 4. The number of hydrogen-bond acceptors (Lipinski definition) is 3. The van der Waals surface area contributed by atoms with Crippen molar-refractivity contribution in [1.29, 1.82) is 0 Å². The zero-order chi connectivity index (χ0) is 11.1. The molecule has 1 heterocycles. The molecule has 0 bridgehead atoms. The molecule has 5 nitrogen and oxygen atoms in total. The van der Waals surface area contributed by atoms with Crippen LogP contribution in [0.1, 0.15) is 39.0 Å². The summed E-state index contributed by atoms with van der Waals surface area (Å²) in [6.45, 7) is 2.64. The zero-order valence-corrected chi connectivity index (χ0v) is 9.04. The van der Waals surface area contributed by atoms with Crippen LogP contribution in [-0.2, 0) is 14.3 Å². The van der Waals surface area contributed by atoms with Crippen LogP contribution in [-0.4, -0.2) is 24.5 Å². The maximum absolute atomic E-state index is 11.4. The lowest BCUT2D eigenvalue weighted by atomic mass is 10.2. The Hall–Kier alpha value is -1.10. The van der Waals surface area contributed by atoms with Gasteiger partial charge in [-0.25, -0.2) is 0 Å². The third-order valence-corrected chi connectivity index (χ3v) is 2.30. The number of hydrazine groups is 1. The minimum Gasteiger partial charge on any atom is -0.368 e. The molecule has 1 aliphatic rings. The van der Waals surface area contributed by atoms with Gasteiger partial charge in [0.15, 0.2) is 0 Å². The fourth-order valence-corrected chi connectivity index (χ4v) is 1.40. The van der Waals surface area contributed by atoms with E-state index in [1.54, 1.807) is 0 Å². The van der Waals surface area contributed by atoms with E-state index in [1.165, 1.54) is 0 Å². The van der Waals surface area contributed by atoms with Crippen molar-refractivity contribution in [3.8, 4) is 0 Å². The Morgan fingerprint density at radius 3 is 2.80 bits per heavy atom. The van der Waals surface area contributed by atoms with Crippen molar-refractivity contribution in [1.82, 2.24) is 10.9 Å². The van der Waals surface area contributed by atoms with Crippen LogP contribution >= 0.6 is 0 Å². The van der Waals surface area contributed by atoms with E-state index in [0.29, 0.717) is 13.0 Å². The molecule has 1 saturated heterocycles. The van der Waals surface area contributed by atoms with Gasteiger partial charge in [-0.15, -0.1) is 0 Å². The first kappa shape index (κ1) is 12.0. The van der Waals surface area contributed by atoms with Gasteiger partial charge < -0.3 is 4.74 Å². The molecule has 0 aromatic carbocycles. The van der Waals surface area contributed by atoms with Gasteiger partial charge in [-0.3, -0.25) is 20.4 Å². The summed E-state index contributed by atoms with van der Waals surface area (Å²) in [5, 5.41) is 0. The highest BCUT2D eigenvalue weighted by molar-refractivity contribution is 5.84. The average molecular weight is 214 g/mol. The molecule has 1 fully saturated rings. The fourth-order valence-electron chi connectivity index (χ4n) is 1.40. The lowest BCUT2D eigenvalue weighted by Crippen LogP contribution is -2.46. The topological polar surface area (TPSA) is 67.4 Å². The van der Waals surface area contributed by atoms with Crippen LogP contribution in [0.15, 0.2) is 0 Å². The van der Waals surface area contributed by atoms with Crippen LogP contribution in [0.5, 0.6) is 0 Å². The Bertz CT molecular complexity index is 225. The molecule has 15 heavy (non-hydrogen) atoms. The highest BCUT2D eigenvalue weighted by Crippen LogP contribution is 2.11. The molecular weight excluding hydrogens is 196 g/mol. The Labute approximate surface area is 89.5 Å². The van der Waals surface area contributed by atoms with E-state index in [4.69, 9.17) is 4.74 Å². The molecule has 2 N–H and O–H groups in total. The normalized spacial score (nSPS) is 19.9. The molecule has 1 rings (SSSR count). The SMILES string of the molecule is CCCCC(=O)NNC(=O)C1CCCO1. The standard InChI is InChI=1S/C10H18N2O3/c1-2-3-6-9(13)11-12-10(14)8-5-4-7-15-8/h8H,2-7H2,1H3,(H,11,13)(H,12,14). The molecule has 0 radical (unpaired) electrons. The molecule has 0 saturated carbocycles. The predicted molar refractivity (Wildman–Crippen MR) is 54.8 cm³/mol. The molecular formula is C10H18N2O3. The van der Waals surface area contributed by atoms with E-state index >= 15 is 0 Å². The van der Waals surface area contributed by atoms with E-state index < -0.39 is 6.10 Å². The van der Waals surface area contributed by atoms with Crippen LogP contribution in [0.3, 0.4) is 0 Å². The smallest absolute Gasteiger partial charge is 0.267 e. The number of ether oxygens (including phenoxy) is 1. The van der Waals surface area contributed by atoms with E-state index in [0.717, 1.165) is 25.7 Å². The summed E-state index contributed by atoms with van der Waals surface area (Å²) in [5.41, 5.74) is 4.75. The quantitative estimate of drug-likeness (QED) is 0.670. The number of nitrogens with one attached hydrogen (secondary N) is 2. The molecule has 86 valence electrons. The number of carbonyl (C=O) groups is 2. The molecule has 5 heteroatoms. The minimum absolute atomic E-state index is 0.150. The Morgan fingerprint density at radius 1 is 1.40 bits per heavy atom. The van der Waals surface area contributed by atoms with Gasteiger partial charge in [0.1, 0.15) is 6.10 Å². The third kappa shape index (κ3) is 4.29. The highest BCUT2D eigenvalue weighted by Gasteiger charge is 2.23. The monoisotopic (exact) mass is 214 g/mol. The highest BCUT2D eigenvalue weighted by atomic mass is 16.5. The van der Waals surface area contributed by atoms with Gasteiger partial charge >= 0.3 is 0 Å². The lowest BCUT2D eigenvalue weighted by molar-refractivity contribution is -0.134. The van der Waals surface area contributed by atoms with Crippen molar-refractivity contribution >= 4 is 11.8 Å².